The lowest BCUT2D eigenvalue weighted by Gasteiger charge is -2.18. The normalized spacial score (nSPS) is 15.4. The van der Waals surface area contributed by atoms with Gasteiger partial charge in [-0.3, -0.25) is 4.79 Å². The second-order valence-corrected chi connectivity index (χ2v) is 8.62. The Hall–Kier alpha value is -1.40. The standard InChI is InChI=1S/C21H16Cl4F3NO/c22-16-7-11(1-3-13(16)10-29-20(30)12-4-5-12)2-6-15(21(26,27)28)14-8-17(23)19(25)18(24)9-14/h1-3,6-9,12,15H,4-5,10H2,(H,29,30). The quantitative estimate of drug-likeness (QED) is 0.408. The first-order valence-corrected chi connectivity index (χ1v) is 10.5. The number of alkyl halides is 3. The first-order valence-electron chi connectivity index (χ1n) is 9.01. The third-order valence-electron chi connectivity index (χ3n) is 4.68. The molecular formula is C21H16Cl4F3NO. The topological polar surface area (TPSA) is 29.1 Å². The Bertz CT molecular complexity index is 964. The summed E-state index contributed by atoms with van der Waals surface area (Å²) in [5.74, 6) is -1.86. The van der Waals surface area contributed by atoms with Crippen molar-refractivity contribution in [3.63, 3.8) is 0 Å². The Kier molecular flexibility index (Phi) is 7.28. The van der Waals surface area contributed by atoms with Gasteiger partial charge >= 0.3 is 6.18 Å². The fraction of sp³-hybridized carbons (Fsp3) is 0.286. The summed E-state index contributed by atoms with van der Waals surface area (Å²) in [5.41, 5.74) is 1.05. The molecule has 160 valence electrons. The van der Waals surface area contributed by atoms with E-state index in [1.165, 1.54) is 6.08 Å². The van der Waals surface area contributed by atoms with Gasteiger partial charge in [0.1, 0.15) is 0 Å². The monoisotopic (exact) mass is 495 g/mol. The average Bonchev–Trinajstić information content (AvgIpc) is 3.49. The van der Waals surface area contributed by atoms with Crippen LogP contribution in [0.2, 0.25) is 20.1 Å². The molecule has 1 aliphatic carbocycles. The molecular weight excluding hydrogens is 481 g/mol. The van der Waals surface area contributed by atoms with E-state index in [1.807, 2.05) is 0 Å². The summed E-state index contributed by atoms with van der Waals surface area (Å²) in [6.45, 7) is 0.269. The Morgan fingerprint density at radius 1 is 1.07 bits per heavy atom. The minimum atomic E-state index is -4.56. The highest BCUT2D eigenvalue weighted by atomic mass is 35.5. The van der Waals surface area contributed by atoms with Crippen molar-refractivity contribution in [2.75, 3.05) is 0 Å². The van der Waals surface area contributed by atoms with Gasteiger partial charge in [0.25, 0.3) is 0 Å². The summed E-state index contributed by atoms with van der Waals surface area (Å²) >= 11 is 23.8. The molecule has 2 aromatic rings. The smallest absolute Gasteiger partial charge is 0.352 e. The second kappa shape index (κ2) is 9.39. The van der Waals surface area contributed by atoms with Gasteiger partial charge in [-0.25, -0.2) is 0 Å². The van der Waals surface area contributed by atoms with E-state index < -0.39 is 12.1 Å². The van der Waals surface area contributed by atoms with E-state index in [1.54, 1.807) is 18.2 Å². The van der Waals surface area contributed by atoms with E-state index in [0.29, 0.717) is 16.1 Å². The number of amides is 1. The fourth-order valence-corrected chi connectivity index (χ4v) is 3.72. The predicted octanol–water partition coefficient (Wildman–Crippen LogP) is 7.69. The van der Waals surface area contributed by atoms with Crippen molar-refractivity contribution in [2.45, 2.75) is 31.5 Å². The van der Waals surface area contributed by atoms with Crippen molar-refractivity contribution >= 4 is 58.4 Å². The van der Waals surface area contributed by atoms with Crippen molar-refractivity contribution in [3.05, 3.63) is 73.2 Å². The number of carbonyl (C=O) groups excluding carboxylic acids is 1. The molecule has 0 spiro atoms. The Morgan fingerprint density at radius 3 is 2.23 bits per heavy atom. The molecule has 1 fully saturated rings. The number of carbonyl (C=O) groups is 1. The molecule has 1 aliphatic rings. The number of allylic oxidation sites excluding steroid dienone is 1. The highest BCUT2D eigenvalue weighted by Gasteiger charge is 2.39. The second-order valence-electron chi connectivity index (χ2n) is 7.02. The predicted molar refractivity (Wildman–Crippen MR) is 115 cm³/mol. The number of rotatable bonds is 6. The minimum Gasteiger partial charge on any atom is -0.352 e. The molecule has 1 unspecified atom stereocenters. The molecule has 0 saturated heterocycles. The van der Waals surface area contributed by atoms with Crippen molar-refractivity contribution in [3.8, 4) is 0 Å². The first-order chi connectivity index (χ1) is 14.1. The zero-order valence-electron chi connectivity index (χ0n) is 15.4. The first kappa shape index (κ1) is 23.3. The third kappa shape index (κ3) is 5.85. The third-order valence-corrected chi connectivity index (χ3v) is 6.23. The number of benzene rings is 2. The number of hydrogen-bond donors (Lipinski definition) is 1. The summed E-state index contributed by atoms with van der Waals surface area (Å²) in [4.78, 5) is 11.7. The molecule has 1 atom stereocenters. The van der Waals surface area contributed by atoms with Gasteiger partial charge in [0.2, 0.25) is 5.91 Å². The lowest BCUT2D eigenvalue weighted by molar-refractivity contribution is -0.139. The van der Waals surface area contributed by atoms with Crippen LogP contribution in [-0.4, -0.2) is 12.1 Å². The molecule has 2 aromatic carbocycles. The van der Waals surface area contributed by atoms with Crippen LogP contribution in [0.3, 0.4) is 0 Å². The van der Waals surface area contributed by atoms with Gasteiger partial charge in [-0.15, -0.1) is 0 Å². The molecule has 0 aromatic heterocycles. The van der Waals surface area contributed by atoms with E-state index in [4.69, 9.17) is 46.4 Å². The molecule has 1 N–H and O–H groups in total. The van der Waals surface area contributed by atoms with E-state index in [2.05, 4.69) is 5.32 Å². The highest BCUT2D eigenvalue weighted by Crippen LogP contribution is 2.41. The van der Waals surface area contributed by atoms with Crippen molar-refractivity contribution in [1.82, 2.24) is 5.32 Å². The Labute approximate surface area is 191 Å². The Balaban J connectivity index is 1.78. The molecule has 0 heterocycles. The molecule has 1 amide bonds. The largest absolute Gasteiger partial charge is 0.399 e. The van der Waals surface area contributed by atoms with Gasteiger partial charge in [0, 0.05) is 17.5 Å². The van der Waals surface area contributed by atoms with Crippen LogP contribution < -0.4 is 5.32 Å². The maximum atomic E-state index is 13.6. The van der Waals surface area contributed by atoms with Gasteiger partial charge in [0.05, 0.1) is 21.0 Å². The van der Waals surface area contributed by atoms with Crippen LogP contribution >= 0.6 is 46.4 Å². The van der Waals surface area contributed by atoms with Crippen LogP contribution in [0.25, 0.3) is 6.08 Å². The maximum absolute atomic E-state index is 13.6. The van der Waals surface area contributed by atoms with Crippen LogP contribution in [0, 0.1) is 5.92 Å². The summed E-state index contributed by atoms with van der Waals surface area (Å²) in [5, 5.41) is 3.05. The average molecular weight is 497 g/mol. The van der Waals surface area contributed by atoms with Gasteiger partial charge in [-0.2, -0.15) is 13.2 Å². The maximum Gasteiger partial charge on any atom is 0.399 e. The van der Waals surface area contributed by atoms with Gasteiger partial charge in [0.15, 0.2) is 0 Å². The van der Waals surface area contributed by atoms with Crippen LogP contribution in [0.5, 0.6) is 0 Å². The summed E-state index contributed by atoms with van der Waals surface area (Å²) in [6, 6.07) is 7.16. The van der Waals surface area contributed by atoms with Gasteiger partial charge in [-0.1, -0.05) is 70.7 Å². The summed E-state index contributed by atoms with van der Waals surface area (Å²) < 4.78 is 40.9. The number of halogens is 7. The van der Waals surface area contributed by atoms with E-state index in [0.717, 1.165) is 31.1 Å². The lowest BCUT2D eigenvalue weighted by Crippen LogP contribution is -2.24. The summed E-state index contributed by atoms with van der Waals surface area (Å²) in [6.07, 6.45) is -0.432. The van der Waals surface area contributed by atoms with E-state index in [-0.39, 0.29) is 39.0 Å². The van der Waals surface area contributed by atoms with Crippen LogP contribution in [-0.2, 0) is 11.3 Å². The lowest BCUT2D eigenvalue weighted by atomic mass is 9.97. The SMILES string of the molecule is O=C(NCc1ccc(C=CC(c2cc(Cl)c(Cl)c(Cl)c2)C(F)(F)F)cc1Cl)C1CC1. The molecule has 0 aliphatic heterocycles. The molecule has 30 heavy (non-hydrogen) atoms. The van der Waals surface area contributed by atoms with Crippen LogP contribution in [0.4, 0.5) is 13.2 Å². The molecule has 1 saturated carbocycles. The van der Waals surface area contributed by atoms with Gasteiger partial charge in [-0.05, 0) is 47.7 Å². The highest BCUT2D eigenvalue weighted by molar-refractivity contribution is 6.48. The van der Waals surface area contributed by atoms with Crippen molar-refractivity contribution < 1.29 is 18.0 Å². The number of nitrogens with one attached hydrogen (secondary N) is 1. The van der Waals surface area contributed by atoms with Crippen molar-refractivity contribution in [2.24, 2.45) is 5.92 Å². The Morgan fingerprint density at radius 2 is 1.70 bits per heavy atom. The van der Waals surface area contributed by atoms with Gasteiger partial charge < -0.3 is 5.32 Å². The van der Waals surface area contributed by atoms with E-state index in [9.17, 15) is 18.0 Å². The molecule has 0 bridgehead atoms. The summed E-state index contributed by atoms with van der Waals surface area (Å²) in [7, 11) is 0. The molecule has 9 heteroatoms. The zero-order valence-corrected chi connectivity index (χ0v) is 18.4. The molecule has 2 nitrogen and oxygen atoms in total. The minimum absolute atomic E-state index is 0.00290. The van der Waals surface area contributed by atoms with Crippen LogP contribution in [0.15, 0.2) is 36.4 Å². The van der Waals surface area contributed by atoms with E-state index >= 15 is 0 Å². The molecule has 3 rings (SSSR count). The molecule has 0 radical (unpaired) electrons. The zero-order chi connectivity index (χ0) is 22.1. The van der Waals surface area contributed by atoms with Crippen LogP contribution in [0.1, 0.15) is 35.4 Å². The van der Waals surface area contributed by atoms with Crippen molar-refractivity contribution in [1.29, 1.82) is 0 Å². The fourth-order valence-electron chi connectivity index (χ4n) is 2.85. The number of hydrogen-bond acceptors (Lipinski definition) is 1.